The lowest BCUT2D eigenvalue weighted by Crippen LogP contribution is -2.61. The molecule has 13 heteroatoms. The molecule has 2 N–H and O–H groups in total. The minimum absolute atomic E-state index is 0.0304. The third kappa shape index (κ3) is 14.3. The van der Waals surface area contributed by atoms with Gasteiger partial charge in [0.1, 0.15) is 30.1 Å². The summed E-state index contributed by atoms with van der Waals surface area (Å²) >= 11 is 0. The summed E-state index contributed by atoms with van der Waals surface area (Å²) in [7, 11) is 4.70. The first kappa shape index (κ1) is 54.3. The number of allylic oxidation sites excluding steroid dienone is 6. The highest BCUT2D eigenvalue weighted by atomic mass is 16.6. The van der Waals surface area contributed by atoms with Crippen LogP contribution in [-0.4, -0.2) is 121 Å². The predicted octanol–water partition coefficient (Wildman–Crippen LogP) is 7.46. The second kappa shape index (κ2) is 25.2. The zero-order valence-corrected chi connectivity index (χ0v) is 41.2. The molecule has 0 aromatic carbocycles. The lowest BCUT2D eigenvalue weighted by molar-refractivity contribution is -0.265. The maximum absolute atomic E-state index is 14.4. The molecule has 1 saturated carbocycles. The molecule has 3 aliphatic heterocycles. The number of ether oxygens (including phenoxy) is 5. The lowest BCUT2D eigenvalue weighted by Gasteiger charge is -2.42. The maximum Gasteiger partial charge on any atom is 0.329 e. The van der Waals surface area contributed by atoms with Crippen LogP contribution in [0.5, 0.6) is 0 Å². The van der Waals surface area contributed by atoms with Gasteiger partial charge in [-0.2, -0.15) is 0 Å². The molecule has 3 fully saturated rings. The molecule has 0 radical (unpaired) electrons. The molecule has 4 rings (SSSR count). The second-order valence-corrected chi connectivity index (χ2v) is 20.0. The van der Waals surface area contributed by atoms with Gasteiger partial charge in [-0.25, -0.2) is 4.79 Å². The first-order valence-corrected chi connectivity index (χ1v) is 24.2. The van der Waals surface area contributed by atoms with E-state index >= 15 is 0 Å². The number of esters is 1. The Morgan fingerprint density at radius 1 is 0.846 bits per heavy atom. The third-order valence-electron chi connectivity index (χ3n) is 14.8. The molecule has 2 bridgehead atoms. The molecule has 1 aliphatic carbocycles. The summed E-state index contributed by atoms with van der Waals surface area (Å²) in [4.78, 5) is 71.9. The molecule has 13 nitrogen and oxygen atoms in total. The van der Waals surface area contributed by atoms with Crippen LogP contribution in [0.25, 0.3) is 0 Å². The Bertz CT molecular complexity index is 1750. The average Bonchev–Trinajstić information content (AvgIpc) is 3.28. The number of nitrogens with zero attached hydrogens (tertiary/aromatic N) is 1. The number of aliphatic hydroxyl groups excluding tert-OH is 1. The predicted molar refractivity (Wildman–Crippen MR) is 248 cm³/mol. The topological polar surface area (TPSA) is 175 Å². The number of carbonyl (C=O) groups is 5. The Morgan fingerprint density at radius 2 is 1.57 bits per heavy atom. The molecule has 15 atom stereocenters. The van der Waals surface area contributed by atoms with Gasteiger partial charge in [-0.1, -0.05) is 78.0 Å². The van der Waals surface area contributed by atoms with Gasteiger partial charge in [0.05, 0.1) is 18.3 Å². The van der Waals surface area contributed by atoms with Crippen LogP contribution < -0.4 is 0 Å². The van der Waals surface area contributed by atoms with Gasteiger partial charge in [-0.3, -0.25) is 19.2 Å². The lowest BCUT2D eigenvalue weighted by atomic mass is 9.76. The van der Waals surface area contributed by atoms with Crippen molar-refractivity contribution in [1.82, 2.24) is 4.90 Å². The van der Waals surface area contributed by atoms with Crippen LogP contribution in [0.2, 0.25) is 0 Å². The van der Waals surface area contributed by atoms with Crippen molar-refractivity contribution in [2.75, 3.05) is 27.9 Å². The number of ketones is 3. The number of hydrogen-bond donors (Lipinski definition) is 2. The summed E-state index contributed by atoms with van der Waals surface area (Å²) in [5, 5.41) is 23.4. The summed E-state index contributed by atoms with van der Waals surface area (Å²) in [5.41, 5.74) is 1.30. The van der Waals surface area contributed by atoms with Crippen LogP contribution in [0, 0.1) is 41.4 Å². The van der Waals surface area contributed by atoms with Gasteiger partial charge in [0, 0.05) is 58.5 Å². The van der Waals surface area contributed by atoms with E-state index in [1.54, 1.807) is 41.1 Å². The van der Waals surface area contributed by atoms with Crippen LogP contribution in [0.4, 0.5) is 0 Å². The van der Waals surface area contributed by atoms with Crippen LogP contribution in [0.1, 0.15) is 132 Å². The van der Waals surface area contributed by atoms with E-state index in [1.165, 1.54) is 12.0 Å². The summed E-state index contributed by atoms with van der Waals surface area (Å²) in [6, 6.07) is -1.11. The van der Waals surface area contributed by atoms with Crippen LogP contribution >= 0.6 is 0 Å². The zero-order chi connectivity index (χ0) is 48.2. The Balaban J connectivity index is 1.70. The molecule has 0 spiro atoms. The van der Waals surface area contributed by atoms with Crippen molar-refractivity contribution in [3.8, 4) is 0 Å². The zero-order valence-electron chi connectivity index (χ0n) is 41.2. The molecule has 0 aromatic heterocycles. The number of piperidine rings is 1. The number of hydrogen-bond acceptors (Lipinski definition) is 12. The van der Waals surface area contributed by atoms with Crippen LogP contribution in [0.3, 0.4) is 0 Å². The third-order valence-corrected chi connectivity index (χ3v) is 14.8. The number of amides is 1. The first-order chi connectivity index (χ1) is 30.7. The maximum atomic E-state index is 14.4. The number of carbonyl (C=O) groups excluding carboxylic acids is 5. The number of aliphatic hydroxyl groups is 2. The van der Waals surface area contributed by atoms with Crippen molar-refractivity contribution >= 4 is 29.2 Å². The molecule has 4 aliphatic rings. The van der Waals surface area contributed by atoms with E-state index in [1.807, 2.05) is 58.1 Å². The first-order valence-electron chi connectivity index (χ1n) is 24.2. The Hall–Kier alpha value is -3.33. The number of rotatable bonds is 6. The molecule has 366 valence electrons. The van der Waals surface area contributed by atoms with E-state index in [0.717, 1.165) is 24.8 Å². The molecule has 2 unspecified atom stereocenters. The van der Waals surface area contributed by atoms with Crippen LogP contribution in [0.15, 0.2) is 47.6 Å². The van der Waals surface area contributed by atoms with E-state index in [9.17, 15) is 34.2 Å². The monoisotopic (exact) mass is 912 g/mol. The highest BCUT2D eigenvalue weighted by Gasteiger charge is 2.53. The molecular formula is C52H81NO12. The fourth-order valence-corrected chi connectivity index (χ4v) is 10.4. The molecule has 3 heterocycles. The van der Waals surface area contributed by atoms with Gasteiger partial charge in [0.15, 0.2) is 5.78 Å². The van der Waals surface area contributed by atoms with Gasteiger partial charge in [-0.15, -0.1) is 0 Å². The van der Waals surface area contributed by atoms with Gasteiger partial charge in [-0.05, 0) is 113 Å². The summed E-state index contributed by atoms with van der Waals surface area (Å²) < 4.78 is 29.7. The van der Waals surface area contributed by atoms with Crippen molar-refractivity contribution in [3.63, 3.8) is 0 Å². The summed E-state index contributed by atoms with van der Waals surface area (Å²) in [6.07, 6.45) is 13.6. The van der Waals surface area contributed by atoms with Crippen molar-refractivity contribution in [3.05, 3.63) is 47.6 Å². The standard InChI is InChI=1S/C52H81NO12/c1-31-17-13-12-14-18-32(2)44(62-10)29-40-23-21-38(8)52(60,65-40)49(57)50(58)53-24-16-15-19-41(53)51(59)64-45(35(5)27-39-22-20-33(3)43(28-39)61-9)30-42(54)34(4)26-37(7)47(56)48(63-11)46(55)36(6)25-31/h12-14,17-18,26,31,33-36,38-41,43-45,47-48,56,60H,15-16,19-25,27-30H2,1-11H3/b14-12?,17-13+,32-18?,37-26+/t31?,33?,34-,35-,36+,38-,39+,40+,41+,43-,44+,45+,47-,48+,52-/m1/s1. The van der Waals surface area contributed by atoms with E-state index in [2.05, 4.69) is 6.92 Å². The largest absolute Gasteiger partial charge is 0.460 e. The molecule has 0 aromatic rings. The number of Topliss-reactive ketones (excluding diaryl/α,β-unsaturated/α-hetero) is 3. The van der Waals surface area contributed by atoms with Gasteiger partial charge in [0.25, 0.3) is 11.7 Å². The highest BCUT2D eigenvalue weighted by molar-refractivity contribution is 6.39. The fraction of sp³-hybridized carbons (Fsp3) is 0.750. The molecular weight excluding hydrogens is 831 g/mol. The second-order valence-electron chi connectivity index (χ2n) is 20.0. The van der Waals surface area contributed by atoms with Crippen molar-refractivity contribution in [1.29, 1.82) is 0 Å². The summed E-state index contributed by atoms with van der Waals surface area (Å²) in [6.45, 7) is 15.1. The quantitative estimate of drug-likeness (QED) is 0.153. The van der Waals surface area contributed by atoms with Gasteiger partial charge < -0.3 is 38.8 Å². The average molecular weight is 912 g/mol. The Morgan fingerprint density at radius 3 is 2.25 bits per heavy atom. The summed E-state index contributed by atoms with van der Waals surface area (Å²) in [5.74, 6) is -7.07. The van der Waals surface area contributed by atoms with E-state index in [-0.39, 0.29) is 54.8 Å². The normalized spacial score (nSPS) is 39.1. The Labute approximate surface area is 388 Å². The number of cyclic esters (lactones) is 1. The number of fused-ring (bicyclic) bond motifs is 3. The van der Waals surface area contributed by atoms with E-state index in [4.69, 9.17) is 23.7 Å². The van der Waals surface area contributed by atoms with Gasteiger partial charge >= 0.3 is 5.97 Å². The smallest absolute Gasteiger partial charge is 0.329 e. The van der Waals surface area contributed by atoms with Crippen molar-refractivity contribution < 1.29 is 57.9 Å². The van der Waals surface area contributed by atoms with Crippen LogP contribution in [-0.2, 0) is 47.7 Å². The fourth-order valence-electron chi connectivity index (χ4n) is 10.4. The van der Waals surface area contributed by atoms with Gasteiger partial charge in [0.2, 0.25) is 5.79 Å². The SMILES string of the molecule is CO[C@H]1C[C@@H]2CC[C@@H](C)[C@@](O)(O2)C(=O)C(=O)N2CCCC[C@H]2C(=O)O[C@H]([C@H](C)C[C@@H]2CCC(C)[C@H](OC)C2)CC(=O)[C@H](C)/C=C(\C)[C@@H](O)[C@@H](OC)C(=O)[C@@H](C)CC(C)/C=C/C=CC=C1C. The van der Waals surface area contributed by atoms with Crippen molar-refractivity contribution in [2.45, 2.75) is 181 Å². The highest BCUT2D eigenvalue weighted by Crippen LogP contribution is 2.38. The molecule has 2 saturated heterocycles. The van der Waals surface area contributed by atoms with Crippen molar-refractivity contribution in [2.24, 2.45) is 41.4 Å². The minimum atomic E-state index is -2.41. The molecule has 1 amide bonds. The minimum Gasteiger partial charge on any atom is -0.460 e. The molecule has 65 heavy (non-hydrogen) atoms. The Kier molecular flexibility index (Phi) is 21.0. The van der Waals surface area contributed by atoms with E-state index < -0.39 is 77.8 Å². The van der Waals surface area contributed by atoms with E-state index in [0.29, 0.717) is 56.4 Å². The number of methoxy groups -OCH3 is 3.